The van der Waals surface area contributed by atoms with Crippen molar-refractivity contribution < 1.29 is 27.5 Å². The normalized spacial score (nSPS) is 11.8. The third-order valence-electron chi connectivity index (χ3n) is 6.38. The highest BCUT2D eigenvalue weighted by Crippen LogP contribution is 2.35. The fourth-order valence-corrected chi connectivity index (χ4v) is 5.72. The number of nitrogens with zero attached hydrogens (tertiary/aromatic N) is 2. The lowest BCUT2D eigenvalue weighted by Gasteiger charge is -2.33. The van der Waals surface area contributed by atoms with Crippen molar-refractivity contribution >= 4 is 27.5 Å². The highest BCUT2D eigenvalue weighted by molar-refractivity contribution is 7.92. The third kappa shape index (κ3) is 7.08. The zero-order valence-corrected chi connectivity index (χ0v) is 23.5. The van der Waals surface area contributed by atoms with Gasteiger partial charge in [-0.05, 0) is 42.7 Å². The van der Waals surface area contributed by atoms with Gasteiger partial charge in [-0.15, -0.1) is 0 Å². The van der Waals surface area contributed by atoms with E-state index in [1.165, 1.54) is 44.4 Å². The zero-order chi connectivity index (χ0) is 28.4. The van der Waals surface area contributed by atoms with Crippen molar-refractivity contribution in [2.75, 3.05) is 38.7 Å². The lowest BCUT2D eigenvalue weighted by molar-refractivity contribution is -0.139. The molecule has 0 spiro atoms. The van der Waals surface area contributed by atoms with Gasteiger partial charge in [0.1, 0.15) is 24.1 Å². The van der Waals surface area contributed by atoms with E-state index in [1.54, 1.807) is 30.3 Å². The van der Waals surface area contributed by atoms with E-state index in [0.717, 1.165) is 9.87 Å². The summed E-state index contributed by atoms with van der Waals surface area (Å²) < 4.78 is 39.7. The molecule has 39 heavy (non-hydrogen) atoms. The molecule has 1 atom stereocenters. The van der Waals surface area contributed by atoms with Crippen molar-refractivity contribution in [2.24, 2.45) is 0 Å². The van der Waals surface area contributed by atoms with Crippen LogP contribution in [0.5, 0.6) is 11.5 Å². The summed E-state index contributed by atoms with van der Waals surface area (Å²) in [5, 5.41) is 2.62. The number of hydrogen-bond acceptors (Lipinski definition) is 6. The predicted octanol–water partition coefficient (Wildman–Crippen LogP) is 3.50. The molecule has 3 aromatic carbocycles. The average Bonchev–Trinajstić information content (AvgIpc) is 2.98. The van der Waals surface area contributed by atoms with Crippen molar-refractivity contribution in [3.05, 3.63) is 84.4 Å². The van der Waals surface area contributed by atoms with Crippen molar-refractivity contribution in [2.45, 2.75) is 30.7 Å². The molecule has 10 heteroatoms. The number of nitrogens with one attached hydrogen (secondary N) is 1. The highest BCUT2D eigenvalue weighted by atomic mass is 32.2. The van der Waals surface area contributed by atoms with Gasteiger partial charge in [0.05, 0.1) is 24.8 Å². The van der Waals surface area contributed by atoms with Crippen LogP contribution in [0.2, 0.25) is 0 Å². The first kappa shape index (κ1) is 29.5. The van der Waals surface area contributed by atoms with Crippen LogP contribution in [-0.4, -0.2) is 65.5 Å². The average molecular weight is 554 g/mol. The summed E-state index contributed by atoms with van der Waals surface area (Å²) in [6.07, 6.45) is 0.849. The van der Waals surface area contributed by atoms with E-state index in [-0.39, 0.29) is 28.8 Å². The van der Waals surface area contributed by atoms with Crippen LogP contribution in [-0.2, 0) is 26.0 Å². The van der Waals surface area contributed by atoms with Crippen molar-refractivity contribution in [1.29, 1.82) is 0 Å². The van der Waals surface area contributed by atoms with E-state index in [0.29, 0.717) is 18.6 Å². The molecule has 0 aromatic heterocycles. The summed E-state index contributed by atoms with van der Waals surface area (Å²) in [7, 11) is 0.184. The molecule has 3 aromatic rings. The van der Waals surface area contributed by atoms with Crippen molar-refractivity contribution in [3.63, 3.8) is 0 Å². The van der Waals surface area contributed by atoms with Gasteiger partial charge in [0.2, 0.25) is 11.8 Å². The summed E-state index contributed by atoms with van der Waals surface area (Å²) in [5.41, 5.74) is 1.13. The molecule has 9 nitrogen and oxygen atoms in total. The van der Waals surface area contributed by atoms with E-state index in [1.807, 2.05) is 37.3 Å². The number of likely N-dealkylation sites (N-methyl/N-ethyl adjacent to an activating group) is 1. The number of benzene rings is 3. The number of sulfonamides is 1. The number of amides is 2. The molecule has 1 N–H and O–H groups in total. The zero-order valence-electron chi connectivity index (χ0n) is 22.7. The fraction of sp³-hybridized carbons (Fsp3) is 0.310. The van der Waals surface area contributed by atoms with Gasteiger partial charge in [-0.1, -0.05) is 55.5 Å². The van der Waals surface area contributed by atoms with Gasteiger partial charge in [0, 0.05) is 19.7 Å². The monoisotopic (exact) mass is 553 g/mol. The summed E-state index contributed by atoms with van der Waals surface area (Å²) in [6.45, 7) is 1.48. The Hall–Kier alpha value is -4.05. The van der Waals surface area contributed by atoms with Gasteiger partial charge in [0.25, 0.3) is 10.0 Å². The lowest BCUT2D eigenvalue weighted by atomic mass is 10.1. The number of anilines is 1. The molecule has 0 saturated carbocycles. The first-order valence-electron chi connectivity index (χ1n) is 12.6. The topological polar surface area (TPSA) is 105 Å². The molecule has 208 valence electrons. The van der Waals surface area contributed by atoms with Gasteiger partial charge < -0.3 is 19.7 Å². The SMILES string of the molecule is CCC(C(=O)NC)N(CCc1ccccc1)C(=O)CN(c1cc(OC)ccc1OC)S(=O)(=O)c1ccccc1. The fourth-order valence-electron chi connectivity index (χ4n) is 4.29. The molecule has 0 saturated heterocycles. The van der Waals surface area contributed by atoms with Crippen LogP contribution in [0.25, 0.3) is 0 Å². The van der Waals surface area contributed by atoms with Crippen LogP contribution in [0, 0.1) is 0 Å². The van der Waals surface area contributed by atoms with Crippen LogP contribution in [0.1, 0.15) is 18.9 Å². The number of methoxy groups -OCH3 is 2. The summed E-state index contributed by atoms with van der Waals surface area (Å²) >= 11 is 0. The molecule has 0 heterocycles. The maximum Gasteiger partial charge on any atom is 0.264 e. The maximum atomic E-state index is 14.0. The molecular formula is C29H35N3O6S. The van der Waals surface area contributed by atoms with Crippen LogP contribution in [0.3, 0.4) is 0 Å². The number of ether oxygens (including phenoxy) is 2. The van der Waals surface area contributed by atoms with E-state index in [4.69, 9.17) is 9.47 Å². The Morgan fingerprint density at radius 3 is 2.13 bits per heavy atom. The molecular weight excluding hydrogens is 518 g/mol. The smallest absolute Gasteiger partial charge is 0.264 e. The van der Waals surface area contributed by atoms with Crippen LogP contribution in [0.15, 0.2) is 83.8 Å². The molecule has 0 aliphatic heterocycles. The minimum absolute atomic E-state index is 0.0110. The number of carbonyl (C=O) groups is 2. The van der Waals surface area contributed by atoms with Crippen molar-refractivity contribution in [1.82, 2.24) is 10.2 Å². The molecule has 2 amide bonds. The standard InChI is InChI=1S/C29H35N3O6S/c1-5-25(29(34)30-2)31(19-18-22-12-8-6-9-13-22)28(33)21-32(39(35,36)24-14-10-7-11-15-24)26-20-23(37-3)16-17-27(26)38-4/h6-17,20,25H,5,18-19,21H2,1-4H3,(H,30,34). The molecule has 0 aliphatic carbocycles. The summed E-state index contributed by atoms with van der Waals surface area (Å²) in [6, 6.07) is 21.4. The summed E-state index contributed by atoms with van der Waals surface area (Å²) in [4.78, 5) is 28.2. The van der Waals surface area contributed by atoms with E-state index < -0.39 is 28.5 Å². The van der Waals surface area contributed by atoms with Gasteiger partial charge >= 0.3 is 0 Å². The van der Waals surface area contributed by atoms with E-state index in [2.05, 4.69) is 5.32 Å². The van der Waals surface area contributed by atoms with Crippen LogP contribution >= 0.6 is 0 Å². The first-order valence-corrected chi connectivity index (χ1v) is 14.1. The minimum atomic E-state index is -4.22. The lowest BCUT2D eigenvalue weighted by Crippen LogP contribution is -2.52. The van der Waals surface area contributed by atoms with Gasteiger partial charge in [0.15, 0.2) is 0 Å². The Morgan fingerprint density at radius 1 is 0.923 bits per heavy atom. The second-order valence-electron chi connectivity index (χ2n) is 8.72. The molecule has 0 aliphatic rings. The number of carbonyl (C=O) groups excluding carboxylic acids is 2. The molecule has 0 bridgehead atoms. The molecule has 0 radical (unpaired) electrons. The van der Waals surface area contributed by atoms with Crippen LogP contribution in [0.4, 0.5) is 5.69 Å². The van der Waals surface area contributed by atoms with Gasteiger partial charge in [-0.3, -0.25) is 13.9 Å². The first-order chi connectivity index (χ1) is 18.8. The second kappa shape index (κ2) is 13.7. The van der Waals surface area contributed by atoms with Gasteiger partial charge in [-0.25, -0.2) is 8.42 Å². The number of hydrogen-bond donors (Lipinski definition) is 1. The Kier molecular flexibility index (Phi) is 10.3. The number of rotatable bonds is 13. The molecule has 0 fully saturated rings. The van der Waals surface area contributed by atoms with Crippen LogP contribution < -0.4 is 19.1 Å². The molecule has 1 unspecified atom stereocenters. The van der Waals surface area contributed by atoms with E-state index >= 15 is 0 Å². The second-order valence-corrected chi connectivity index (χ2v) is 10.6. The Labute approximate surface area is 230 Å². The third-order valence-corrected chi connectivity index (χ3v) is 8.16. The van der Waals surface area contributed by atoms with Crippen molar-refractivity contribution in [3.8, 4) is 11.5 Å². The van der Waals surface area contributed by atoms with E-state index in [9.17, 15) is 18.0 Å². The Bertz CT molecular complexity index is 1350. The molecule has 3 rings (SSSR count). The summed E-state index contributed by atoms with van der Waals surface area (Å²) in [5.74, 6) is -0.206. The minimum Gasteiger partial charge on any atom is -0.497 e. The maximum absolute atomic E-state index is 14.0. The quantitative estimate of drug-likeness (QED) is 0.347. The Morgan fingerprint density at radius 2 is 1.56 bits per heavy atom. The van der Waals surface area contributed by atoms with Gasteiger partial charge in [-0.2, -0.15) is 0 Å². The highest BCUT2D eigenvalue weighted by Gasteiger charge is 2.34. The predicted molar refractivity (Wildman–Crippen MR) is 151 cm³/mol. The largest absolute Gasteiger partial charge is 0.497 e. The Balaban J connectivity index is 2.08.